The number of carbonyl (C=O) groups excluding carboxylic acids is 1. The molecule has 1 heterocycles. The maximum Gasteiger partial charge on any atom is 0.223 e. The monoisotopic (exact) mass is 130 g/mol. The Kier molecular flexibility index (Phi) is 1.68. The molecule has 1 amide bonds. The van der Waals surface area contributed by atoms with Gasteiger partial charge in [-0.3, -0.25) is 4.79 Å². The summed E-state index contributed by atoms with van der Waals surface area (Å²) in [6.07, 6.45) is 0. The fourth-order valence-electron chi connectivity index (χ4n) is 0.767. The van der Waals surface area contributed by atoms with Crippen LogP contribution in [-0.4, -0.2) is 31.2 Å². The molecule has 1 saturated heterocycles. The lowest BCUT2D eigenvalue weighted by atomic mass is 10.0. The summed E-state index contributed by atoms with van der Waals surface area (Å²) in [6, 6.07) is 0. The van der Waals surface area contributed by atoms with E-state index >= 15 is 0 Å². The molecule has 0 aliphatic carbocycles. The Morgan fingerprint density at radius 2 is 2.33 bits per heavy atom. The van der Waals surface area contributed by atoms with Crippen LogP contribution in [0.25, 0.3) is 0 Å². The molecule has 0 spiro atoms. The minimum atomic E-state index is -0.233. The van der Waals surface area contributed by atoms with Crippen LogP contribution in [0.1, 0.15) is 0 Å². The Bertz CT molecular complexity index is 120. The van der Waals surface area contributed by atoms with Crippen molar-refractivity contribution in [3.05, 3.63) is 0 Å². The SMILES string of the molecule is CON1CC(C(N)=O)C1. The summed E-state index contributed by atoms with van der Waals surface area (Å²) < 4.78 is 0. The van der Waals surface area contributed by atoms with Crippen LogP contribution >= 0.6 is 0 Å². The molecule has 0 radical (unpaired) electrons. The van der Waals surface area contributed by atoms with E-state index in [0.29, 0.717) is 13.1 Å². The van der Waals surface area contributed by atoms with E-state index in [1.807, 2.05) is 0 Å². The van der Waals surface area contributed by atoms with Gasteiger partial charge in [0, 0.05) is 13.1 Å². The lowest BCUT2D eigenvalue weighted by molar-refractivity contribution is -0.198. The minimum absolute atomic E-state index is 0.00458. The van der Waals surface area contributed by atoms with Gasteiger partial charge in [0.25, 0.3) is 0 Å². The molecule has 0 aromatic heterocycles. The van der Waals surface area contributed by atoms with Crippen molar-refractivity contribution in [3.63, 3.8) is 0 Å². The Hall–Kier alpha value is -0.610. The van der Waals surface area contributed by atoms with Crippen LogP contribution in [0, 0.1) is 5.92 Å². The van der Waals surface area contributed by atoms with Crippen LogP contribution in [-0.2, 0) is 9.63 Å². The number of rotatable bonds is 2. The van der Waals surface area contributed by atoms with Crippen molar-refractivity contribution in [2.45, 2.75) is 0 Å². The van der Waals surface area contributed by atoms with Gasteiger partial charge in [0.05, 0.1) is 13.0 Å². The van der Waals surface area contributed by atoms with Gasteiger partial charge < -0.3 is 10.6 Å². The van der Waals surface area contributed by atoms with Crippen molar-refractivity contribution < 1.29 is 9.63 Å². The zero-order valence-corrected chi connectivity index (χ0v) is 5.33. The molecule has 1 aliphatic rings. The number of hydroxylamine groups is 2. The molecule has 0 aromatic rings. The predicted molar refractivity (Wildman–Crippen MR) is 31.3 cm³/mol. The molecule has 0 bridgehead atoms. The van der Waals surface area contributed by atoms with E-state index in [-0.39, 0.29) is 11.8 Å². The third-order valence-corrected chi connectivity index (χ3v) is 1.51. The van der Waals surface area contributed by atoms with Crippen LogP contribution in [0.15, 0.2) is 0 Å². The van der Waals surface area contributed by atoms with E-state index in [4.69, 9.17) is 10.6 Å². The highest BCUT2D eigenvalue weighted by atomic mass is 16.7. The Morgan fingerprint density at radius 3 is 2.67 bits per heavy atom. The number of carbonyl (C=O) groups is 1. The summed E-state index contributed by atoms with van der Waals surface area (Å²) in [5.74, 6) is -0.228. The summed E-state index contributed by atoms with van der Waals surface area (Å²) in [5.41, 5.74) is 4.99. The quantitative estimate of drug-likeness (QED) is 0.519. The smallest absolute Gasteiger partial charge is 0.223 e. The van der Waals surface area contributed by atoms with Gasteiger partial charge in [0.2, 0.25) is 5.91 Å². The van der Waals surface area contributed by atoms with Crippen molar-refractivity contribution >= 4 is 5.91 Å². The van der Waals surface area contributed by atoms with Crippen molar-refractivity contribution in [2.24, 2.45) is 11.7 Å². The van der Waals surface area contributed by atoms with Crippen LogP contribution < -0.4 is 5.73 Å². The normalized spacial score (nSPS) is 21.4. The number of nitrogens with zero attached hydrogens (tertiary/aromatic N) is 1. The summed E-state index contributed by atoms with van der Waals surface area (Å²) in [5, 5.41) is 1.69. The number of amides is 1. The van der Waals surface area contributed by atoms with Crippen molar-refractivity contribution in [1.29, 1.82) is 0 Å². The minimum Gasteiger partial charge on any atom is -0.369 e. The van der Waals surface area contributed by atoms with E-state index in [9.17, 15) is 4.79 Å². The third kappa shape index (κ3) is 1.20. The van der Waals surface area contributed by atoms with Gasteiger partial charge in [-0.15, -0.1) is 0 Å². The number of hydrogen-bond donors (Lipinski definition) is 1. The first kappa shape index (κ1) is 6.51. The first-order chi connectivity index (χ1) is 4.24. The molecule has 1 rings (SSSR count). The van der Waals surface area contributed by atoms with E-state index < -0.39 is 0 Å². The van der Waals surface area contributed by atoms with Gasteiger partial charge in [-0.25, -0.2) is 0 Å². The first-order valence-corrected chi connectivity index (χ1v) is 2.82. The maximum absolute atomic E-state index is 10.4. The average molecular weight is 130 g/mol. The van der Waals surface area contributed by atoms with Gasteiger partial charge in [0.15, 0.2) is 0 Å². The highest BCUT2D eigenvalue weighted by Gasteiger charge is 2.30. The zero-order chi connectivity index (χ0) is 6.85. The average Bonchev–Trinajstić information content (AvgIpc) is 1.61. The number of nitrogens with two attached hydrogens (primary N) is 1. The van der Waals surface area contributed by atoms with Gasteiger partial charge in [-0.05, 0) is 0 Å². The molecule has 0 atom stereocenters. The molecule has 4 heteroatoms. The Balaban J connectivity index is 2.19. The van der Waals surface area contributed by atoms with E-state index in [1.54, 1.807) is 12.2 Å². The fraction of sp³-hybridized carbons (Fsp3) is 0.800. The molecule has 0 aromatic carbocycles. The van der Waals surface area contributed by atoms with E-state index in [0.717, 1.165) is 0 Å². The van der Waals surface area contributed by atoms with Gasteiger partial charge in [-0.1, -0.05) is 0 Å². The molecule has 2 N–H and O–H groups in total. The van der Waals surface area contributed by atoms with Gasteiger partial charge >= 0.3 is 0 Å². The predicted octanol–water partition coefficient (Wildman–Crippen LogP) is -1.04. The molecule has 0 saturated carbocycles. The molecule has 4 nitrogen and oxygen atoms in total. The van der Waals surface area contributed by atoms with E-state index in [2.05, 4.69) is 0 Å². The van der Waals surface area contributed by atoms with E-state index in [1.165, 1.54) is 0 Å². The summed E-state index contributed by atoms with van der Waals surface area (Å²) in [6.45, 7) is 1.29. The topological polar surface area (TPSA) is 55.6 Å². The van der Waals surface area contributed by atoms with Gasteiger partial charge in [0.1, 0.15) is 0 Å². The van der Waals surface area contributed by atoms with Gasteiger partial charge in [-0.2, -0.15) is 5.06 Å². The molecule has 52 valence electrons. The zero-order valence-electron chi connectivity index (χ0n) is 5.33. The molecule has 1 aliphatic heterocycles. The van der Waals surface area contributed by atoms with Crippen LogP contribution in [0.3, 0.4) is 0 Å². The highest BCUT2D eigenvalue weighted by Crippen LogP contribution is 2.13. The van der Waals surface area contributed by atoms with Crippen LogP contribution in [0.5, 0.6) is 0 Å². The second-order valence-electron chi connectivity index (χ2n) is 2.13. The molecular weight excluding hydrogens is 120 g/mol. The van der Waals surface area contributed by atoms with Crippen LogP contribution in [0.4, 0.5) is 0 Å². The summed E-state index contributed by atoms with van der Waals surface area (Å²) in [7, 11) is 1.58. The Labute approximate surface area is 53.5 Å². The highest BCUT2D eigenvalue weighted by molar-refractivity contribution is 5.77. The lowest BCUT2D eigenvalue weighted by Crippen LogP contribution is -2.51. The molecule has 0 unspecified atom stereocenters. The second kappa shape index (κ2) is 2.33. The van der Waals surface area contributed by atoms with Crippen molar-refractivity contribution in [1.82, 2.24) is 5.06 Å². The van der Waals surface area contributed by atoms with Crippen molar-refractivity contribution in [3.8, 4) is 0 Å². The largest absolute Gasteiger partial charge is 0.369 e. The summed E-state index contributed by atoms with van der Waals surface area (Å²) in [4.78, 5) is 15.2. The summed E-state index contributed by atoms with van der Waals surface area (Å²) >= 11 is 0. The second-order valence-corrected chi connectivity index (χ2v) is 2.13. The molecule has 9 heavy (non-hydrogen) atoms. The first-order valence-electron chi connectivity index (χ1n) is 2.82. The van der Waals surface area contributed by atoms with Crippen molar-refractivity contribution in [2.75, 3.05) is 20.2 Å². The third-order valence-electron chi connectivity index (χ3n) is 1.51. The standard InChI is InChI=1S/C5H10N2O2/c1-9-7-2-4(3-7)5(6)8/h4H,2-3H2,1H3,(H2,6,8). The Morgan fingerprint density at radius 1 is 1.78 bits per heavy atom. The number of primary amides is 1. The maximum atomic E-state index is 10.4. The molecule has 1 fully saturated rings. The lowest BCUT2D eigenvalue weighted by Gasteiger charge is -2.34. The van der Waals surface area contributed by atoms with Crippen LogP contribution in [0.2, 0.25) is 0 Å². The fourth-order valence-corrected chi connectivity index (χ4v) is 0.767. The molecular formula is C5H10N2O2. The number of hydrogen-bond acceptors (Lipinski definition) is 3.